The van der Waals surface area contributed by atoms with E-state index >= 15 is 0 Å². The highest BCUT2D eigenvalue weighted by atomic mass is 35.5. The number of aromatic nitrogens is 1. The zero-order chi connectivity index (χ0) is 12.4. The van der Waals surface area contributed by atoms with Gasteiger partial charge in [0.25, 0.3) is 0 Å². The third-order valence-corrected chi connectivity index (χ3v) is 3.60. The highest BCUT2D eigenvalue weighted by molar-refractivity contribution is 6.32. The number of piperidine rings is 1. The van der Waals surface area contributed by atoms with Gasteiger partial charge in [0.2, 0.25) is 0 Å². The van der Waals surface area contributed by atoms with E-state index in [-0.39, 0.29) is 11.7 Å². The van der Waals surface area contributed by atoms with Crippen molar-refractivity contribution in [3.05, 3.63) is 22.5 Å². The lowest BCUT2D eigenvalue weighted by atomic mass is 10.0. The Bertz CT molecular complexity index is 466. The summed E-state index contributed by atoms with van der Waals surface area (Å²) in [6.07, 6.45) is 3.86. The standard InChI is InChI=1S/C12H15ClN4/c1-8-11(6-16-10(5-14)12(8)13)17-4-2-3-9(15)7-17/h6,9H,2-4,7,15H2,1H3/t9-/m1/s1. The van der Waals surface area contributed by atoms with Crippen molar-refractivity contribution in [2.45, 2.75) is 25.8 Å². The SMILES string of the molecule is Cc1c(N2CCC[C@@H](N)C2)cnc(C#N)c1Cl. The van der Waals surface area contributed by atoms with Crippen LogP contribution in [0.1, 0.15) is 24.1 Å². The summed E-state index contributed by atoms with van der Waals surface area (Å²) in [7, 11) is 0. The van der Waals surface area contributed by atoms with Crippen molar-refractivity contribution in [2.75, 3.05) is 18.0 Å². The second-order valence-corrected chi connectivity index (χ2v) is 4.77. The molecule has 0 bridgehead atoms. The van der Waals surface area contributed by atoms with Gasteiger partial charge in [-0.25, -0.2) is 4.98 Å². The number of nitrogens with two attached hydrogens (primary N) is 1. The number of pyridine rings is 1. The largest absolute Gasteiger partial charge is 0.368 e. The van der Waals surface area contributed by atoms with Gasteiger partial charge in [0.15, 0.2) is 5.69 Å². The minimum Gasteiger partial charge on any atom is -0.368 e. The molecule has 0 radical (unpaired) electrons. The highest BCUT2D eigenvalue weighted by Gasteiger charge is 2.20. The van der Waals surface area contributed by atoms with Crippen LogP contribution in [0.4, 0.5) is 5.69 Å². The van der Waals surface area contributed by atoms with Gasteiger partial charge in [0, 0.05) is 19.1 Å². The van der Waals surface area contributed by atoms with Crippen LogP contribution in [0.25, 0.3) is 0 Å². The van der Waals surface area contributed by atoms with Crippen LogP contribution < -0.4 is 10.6 Å². The molecule has 2 heterocycles. The predicted molar refractivity (Wildman–Crippen MR) is 68.1 cm³/mol. The lowest BCUT2D eigenvalue weighted by Gasteiger charge is -2.33. The number of nitriles is 1. The van der Waals surface area contributed by atoms with Crippen molar-refractivity contribution in [1.29, 1.82) is 5.26 Å². The van der Waals surface area contributed by atoms with Gasteiger partial charge in [-0.2, -0.15) is 5.26 Å². The minimum absolute atomic E-state index is 0.206. The summed E-state index contributed by atoms with van der Waals surface area (Å²) in [6, 6.07) is 2.19. The quantitative estimate of drug-likeness (QED) is 0.826. The van der Waals surface area contributed by atoms with Gasteiger partial charge in [-0.15, -0.1) is 0 Å². The molecule has 17 heavy (non-hydrogen) atoms. The summed E-state index contributed by atoms with van der Waals surface area (Å²) in [5.41, 5.74) is 8.15. The maximum Gasteiger partial charge on any atom is 0.159 e. The molecule has 1 aromatic heterocycles. The van der Waals surface area contributed by atoms with Crippen LogP contribution in [0.5, 0.6) is 0 Å². The van der Waals surface area contributed by atoms with Gasteiger partial charge in [-0.3, -0.25) is 0 Å². The molecule has 0 aromatic carbocycles. The van der Waals surface area contributed by atoms with Crippen molar-refractivity contribution in [3.8, 4) is 6.07 Å². The number of nitrogens with zero attached hydrogens (tertiary/aromatic N) is 3. The summed E-state index contributed by atoms with van der Waals surface area (Å²) in [4.78, 5) is 6.28. The first-order chi connectivity index (χ1) is 8.13. The van der Waals surface area contributed by atoms with Gasteiger partial charge in [-0.1, -0.05) is 11.6 Å². The first-order valence-electron chi connectivity index (χ1n) is 5.69. The minimum atomic E-state index is 0.206. The van der Waals surface area contributed by atoms with Crippen LogP contribution in [-0.2, 0) is 0 Å². The van der Waals surface area contributed by atoms with E-state index in [0.29, 0.717) is 5.02 Å². The number of hydrogen-bond donors (Lipinski definition) is 1. The van der Waals surface area contributed by atoms with Crippen LogP contribution in [0.3, 0.4) is 0 Å². The molecule has 1 aliphatic rings. The van der Waals surface area contributed by atoms with Crippen LogP contribution in [0.15, 0.2) is 6.20 Å². The molecule has 0 spiro atoms. The molecule has 4 nitrogen and oxygen atoms in total. The Kier molecular flexibility index (Phi) is 3.51. The zero-order valence-electron chi connectivity index (χ0n) is 9.78. The molecule has 0 amide bonds. The molecule has 1 aliphatic heterocycles. The molecule has 2 N–H and O–H groups in total. The Labute approximate surface area is 106 Å². The molecule has 1 aromatic rings. The third-order valence-electron chi connectivity index (χ3n) is 3.14. The lowest BCUT2D eigenvalue weighted by Crippen LogP contribution is -2.43. The third kappa shape index (κ3) is 2.36. The molecule has 0 saturated carbocycles. The van der Waals surface area contributed by atoms with Crippen molar-refractivity contribution in [1.82, 2.24) is 4.98 Å². The normalized spacial score (nSPS) is 20.1. The van der Waals surface area contributed by atoms with Crippen molar-refractivity contribution >= 4 is 17.3 Å². The molecule has 2 rings (SSSR count). The second kappa shape index (κ2) is 4.91. The van der Waals surface area contributed by atoms with E-state index in [4.69, 9.17) is 22.6 Å². The Morgan fingerprint density at radius 1 is 1.65 bits per heavy atom. The van der Waals surface area contributed by atoms with Crippen LogP contribution in [-0.4, -0.2) is 24.1 Å². The molecule has 1 saturated heterocycles. The smallest absolute Gasteiger partial charge is 0.159 e. The molecule has 5 heteroatoms. The second-order valence-electron chi connectivity index (χ2n) is 4.39. The molecule has 1 atom stereocenters. The average molecular weight is 251 g/mol. The van der Waals surface area contributed by atoms with Crippen LogP contribution >= 0.6 is 11.6 Å². The van der Waals surface area contributed by atoms with Crippen LogP contribution in [0, 0.1) is 18.3 Å². The molecule has 0 aliphatic carbocycles. The van der Waals surface area contributed by atoms with E-state index in [2.05, 4.69) is 9.88 Å². The van der Waals surface area contributed by atoms with Crippen LogP contribution in [0.2, 0.25) is 5.02 Å². The monoisotopic (exact) mass is 250 g/mol. The summed E-state index contributed by atoms with van der Waals surface area (Å²) in [5, 5.41) is 9.30. The molecular weight excluding hydrogens is 236 g/mol. The Morgan fingerprint density at radius 2 is 2.41 bits per heavy atom. The van der Waals surface area contributed by atoms with E-state index in [0.717, 1.165) is 37.2 Å². The topological polar surface area (TPSA) is 65.9 Å². The van der Waals surface area contributed by atoms with Crippen molar-refractivity contribution in [3.63, 3.8) is 0 Å². The Balaban J connectivity index is 2.33. The Hall–Kier alpha value is -1.31. The first-order valence-corrected chi connectivity index (χ1v) is 6.07. The van der Waals surface area contributed by atoms with E-state index in [1.54, 1.807) is 6.20 Å². The maximum absolute atomic E-state index is 8.86. The van der Waals surface area contributed by atoms with Crippen molar-refractivity contribution in [2.24, 2.45) is 5.73 Å². The van der Waals surface area contributed by atoms with Gasteiger partial charge < -0.3 is 10.6 Å². The molecular formula is C12H15ClN4. The average Bonchev–Trinajstić information content (AvgIpc) is 2.32. The number of halogens is 1. The van der Waals surface area contributed by atoms with Crippen molar-refractivity contribution < 1.29 is 0 Å². The van der Waals surface area contributed by atoms with Gasteiger partial charge >= 0.3 is 0 Å². The van der Waals surface area contributed by atoms with E-state index in [9.17, 15) is 0 Å². The maximum atomic E-state index is 8.86. The number of anilines is 1. The van der Waals surface area contributed by atoms with Gasteiger partial charge in [-0.05, 0) is 25.3 Å². The zero-order valence-corrected chi connectivity index (χ0v) is 10.5. The summed E-state index contributed by atoms with van der Waals surface area (Å²) >= 11 is 6.11. The fourth-order valence-corrected chi connectivity index (χ4v) is 2.38. The number of rotatable bonds is 1. The Morgan fingerprint density at radius 3 is 3.06 bits per heavy atom. The van der Waals surface area contributed by atoms with E-state index < -0.39 is 0 Å². The first kappa shape index (κ1) is 12.2. The number of hydrogen-bond acceptors (Lipinski definition) is 4. The summed E-state index contributed by atoms with van der Waals surface area (Å²) < 4.78 is 0. The molecule has 1 fully saturated rings. The summed E-state index contributed by atoms with van der Waals surface area (Å²) in [5.74, 6) is 0. The molecule has 0 unspecified atom stereocenters. The molecule has 90 valence electrons. The fraction of sp³-hybridized carbons (Fsp3) is 0.500. The van der Waals surface area contributed by atoms with E-state index in [1.165, 1.54) is 0 Å². The van der Waals surface area contributed by atoms with E-state index in [1.807, 2.05) is 13.0 Å². The van der Waals surface area contributed by atoms with Gasteiger partial charge in [0.05, 0.1) is 16.9 Å². The summed E-state index contributed by atoms with van der Waals surface area (Å²) in [6.45, 7) is 3.71. The highest BCUT2D eigenvalue weighted by Crippen LogP contribution is 2.29. The lowest BCUT2D eigenvalue weighted by molar-refractivity contribution is 0.505. The fourth-order valence-electron chi connectivity index (χ4n) is 2.19. The predicted octanol–water partition coefficient (Wildman–Crippen LogP) is 1.84. The van der Waals surface area contributed by atoms with Gasteiger partial charge in [0.1, 0.15) is 6.07 Å².